The average Bonchev–Trinajstić information content (AvgIpc) is 3.41. The van der Waals surface area contributed by atoms with Crippen LogP contribution in [0.25, 0.3) is 0 Å². The van der Waals surface area contributed by atoms with E-state index in [4.69, 9.17) is 9.47 Å². The van der Waals surface area contributed by atoms with Gasteiger partial charge in [-0.25, -0.2) is 9.78 Å². The summed E-state index contributed by atoms with van der Waals surface area (Å²) >= 11 is 3.25. The van der Waals surface area contributed by atoms with Crippen LogP contribution in [0, 0.1) is 0 Å². The van der Waals surface area contributed by atoms with E-state index in [1.807, 2.05) is 24.3 Å². The van der Waals surface area contributed by atoms with E-state index in [0.717, 1.165) is 10.6 Å². The molecule has 1 aliphatic heterocycles. The molecule has 160 valence electrons. The Morgan fingerprint density at radius 1 is 1.37 bits per heavy atom. The number of esters is 1. The smallest absolute Gasteiger partial charge is 0.329 e. The number of benzene rings is 1. The van der Waals surface area contributed by atoms with Gasteiger partial charge in [0.1, 0.15) is 24.9 Å². The van der Waals surface area contributed by atoms with Crippen LogP contribution in [-0.4, -0.2) is 62.5 Å². The number of hydrogen-bond donors (Lipinski definition) is 0. The van der Waals surface area contributed by atoms with Crippen LogP contribution >= 0.6 is 23.5 Å². The minimum Gasteiger partial charge on any atom is -0.490 e. The first kappa shape index (κ1) is 22.3. The normalized spacial score (nSPS) is 18.2. The van der Waals surface area contributed by atoms with Crippen LogP contribution in [0.4, 0.5) is 0 Å². The summed E-state index contributed by atoms with van der Waals surface area (Å²) in [5.74, 6) is 1.53. The molecule has 1 aromatic carbocycles. The number of thioether (sulfide) groups is 2. The van der Waals surface area contributed by atoms with E-state index in [-0.39, 0.29) is 23.8 Å². The summed E-state index contributed by atoms with van der Waals surface area (Å²) in [5.41, 5.74) is 0. The Bertz CT molecular complexity index is 842. The molecule has 0 saturated carbocycles. The highest BCUT2D eigenvalue weighted by Crippen LogP contribution is 2.34. The van der Waals surface area contributed by atoms with Crippen LogP contribution in [0.5, 0.6) is 5.75 Å². The van der Waals surface area contributed by atoms with Crippen LogP contribution in [0.15, 0.2) is 60.5 Å². The molecular weight excluding hydrogens is 422 g/mol. The Balaban J connectivity index is 1.65. The van der Waals surface area contributed by atoms with Crippen molar-refractivity contribution in [3.05, 3.63) is 55.6 Å². The fourth-order valence-electron chi connectivity index (χ4n) is 3.02. The SMILES string of the molecule is C=CCOc1ccc(SCC2SCC(C(=O)OCC)N2C(=O)Cn2ccnc2)cc1. The maximum absolute atomic E-state index is 13.0. The minimum atomic E-state index is -0.564. The Kier molecular flexibility index (Phi) is 8.27. The zero-order valence-electron chi connectivity index (χ0n) is 16.8. The van der Waals surface area contributed by atoms with E-state index in [1.54, 1.807) is 64.7 Å². The van der Waals surface area contributed by atoms with Crippen molar-refractivity contribution in [2.45, 2.75) is 29.8 Å². The zero-order valence-corrected chi connectivity index (χ0v) is 18.4. The number of ether oxygens (including phenoxy) is 2. The number of nitrogens with zero attached hydrogens (tertiary/aromatic N) is 3. The molecule has 7 nitrogen and oxygen atoms in total. The lowest BCUT2D eigenvalue weighted by Crippen LogP contribution is -2.48. The summed E-state index contributed by atoms with van der Waals surface area (Å²) in [6, 6.07) is 7.24. The van der Waals surface area contributed by atoms with Crippen molar-refractivity contribution in [1.29, 1.82) is 0 Å². The second kappa shape index (κ2) is 11.1. The quantitative estimate of drug-likeness (QED) is 0.315. The van der Waals surface area contributed by atoms with E-state index in [0.29, 0.717) is 24.7 Å². The molecule has 2 unspecified atom stereocenters. The molecular formula is C21H25N3O4S2. The molecule has 3 rings (SSSR count). The van der Waals surface area contributed by atoms with Crippen molar-refractivity contribution < 1.29 is 19.1 Å². The molecule has 0 spiro atoms. The Morgan fingerprint density at radius 2 is 2.17 bits per heavy atom. The lowest BCUT2D eigenvalue weighted by Gasteiger charge is -2.28. The molecule has 0 bridgehead atoms. The predicted molar refractivity (Wildman–Crippen MR) is 119 cm³/mol. The molecule has 1 aromatic heterocycles. The number of aromatic nitrogens is 2. The van der Waals surface area contributed by atoms with Crippen LogP contribution in [0.2, 0.25) is 0 Å². The molecule has 0 radical (unpaired) electrons. The molecule has 9 heteroatoms. The van der Waals surface area contributed by atoms with Crippen molar-refractivity contribution in [3.63, 3.8) is 0 Å². The highest BCUT2D eigenvalue weighted by atomic mass is 32.2. The Morgan fingerprint density at radius 3 is 2.83 bits per heavy atom. The maximum Gasteiger partial charge on any atom is 0.329 e. The third-order valence-corrected chi connectivity index (χ3v) is 6.99. The molecule has 0 N–H and O–H groups in total. The Hall–Kier alpha value is -2.39. The number of carbonyl (C=O) groups is 2. The molecule has 0 aliphatic carbocycles. The fraction of sp³-hybridized carbons (Fsp3) is 0.381. The molecule has 1 amide bonds. The van der Waals surface area contributed by atoms with Gasteiger partial charge in [-0.15, -0.1) is 23.5 Å². The molecule has 1 saturated heterocycles. The van der Waals surface area contributed by atoms with Crippen molar-refractivity contribution in [3.8, 4) is 5.75 Å². The molecule has 1 aliphatic rings. The highest BCUT2D eigenvalue weighted by Gasteiger charge is 2.42. The van der Waals surface area contributed by atoms with Gasteiger partial charge in [0.15, 0.2) is 0 Å². The average molecular weight is 448 g/mol. The topological polar surface area (TPSA) is 73.7 Å². The summed E-state index contributed by atoms with van der Waals surface area (Å²) in [6.45, 7) is 6.32. The fourth-order valence-corrected chi connectivity index (χ4v) is 5.56. The van der Waals surface area contributed by atoms with Gasteiger partial charge >= 0.3 is 5.97 Å². The summed E-state index contributed by atoms with van der Waals surface area (Å²) < 4.78 is 12.4. The van der Waals surface area contributed by atoms with Gasteiger partial charge in [0, 0.05) is 28.8 Å². The molecule has 1 fully saturated rings. The van der Waals surface area contributed by atoms with E-state index in [2.05, 4.69) is 11.6 Å². The van der Waals surface area contributed by atoms with E-state index in [1.165, 1.54) is 0 Å². The first-order chi connectivity index (χ1) is 14.6. The lowest BCUT2D eigenvalue weighted by molar-refractivity contribution is -0.153. The Labute approximate surface area is 184 Å². The van der Waals surface area contributed by atoms with E-state index in [9.17, 15) is 9.59 Å². The summed E-state index contributed by atoms with van der Waals surface area (Å²) in [4.78, 5) is 32.2. The molecule has 2 aromatic rings. The first-order valence-corrected chi connectivity index (χ1v) is 11.7. The van der Waals surface area contributed by atoms with Crippen LogP contribution in [0.3, 0.4) is 0 Å². The zero-order chi connectivity index (χ0) is 21.3. The van der Waals surface area contributed by atoms with Gasteiger partial charge < -0.3 is 18.9 Å². The monoisotopic (exact) mass is 447 g/mol. The van der Waals surface area contributed by atoms with Gasteiger partial charge in [-0.1, -0.05) is 12.7 Å². The second-order valence-electron chi connectivity index (χ2n) is 6.47. The second-order valence-corrected chi connectivity index (χ2v) is 8.78. The van der Waals surface area contributed by atoms with Gasteiger partial charge in [0.2, 0.25) is 5.91 Å². The number of imidazole rings is 1. The van der Waals surface area contributed by atoms with Crippen molar-refractivity contribution >= 4 is 35.4 Å². The molecule has 2 heterocycles. The number of carbonyl (C=O) groups excluding carboxylic acids is 2. The maximum atomic E-state index is 13.0. The van der Waals surface area contributed by atoms with Crippen LogP contribution < -0.4 is 4.74 Å². The largest absolute Gasteiger partial charge is 0.490 e. The van der Waals surface area contributed by atoms with E-state index < -0.39 is 6.04 Å². The van der Waals surface area contributed by atoms with Gasteiger partial charge in [-0.3, -0.25) is 4.79 Å². The number of amides is 1. The predicted octanol–water partition coefficient (Wildman–Crippen LogP) is 3.07. The van der Waals surface area contributed by atoms with Gasteiger partial charge in [-0.2, -0.15) is 0 Å². The van der Waals surface area contributed by atoms with Crippen LogP contribution in [0.1, 0.15) is 6.92 Å². The third-order valence-electron chi connectivity index (χ3n) is 4.40. The van der Waals surface area contributed by atoms with Crippen molar-refractivity contribution in [2.24, 2.45) is 0 Å². The van der Waals surface area contributed by atoms with Crippen molar-refractivity contribution in [2.75, 3.05) is 24.7 Å². The first-order valence-electron chi connectivity index (χ1n) is 9.64. The third kappa shape index (κ3) is 5.82. The molecule has 30 heavy (non-hydrogen) atoms. The number of hydrogen-bond acceptors (Lipinski definition) is 7. The van der Waals surface area contributed by atoms with E-state index >= 15 is 0 Å². The van der Waals surface area contributed by atoms with Gasteiger partial charge in [-0.05, 0) is 31.2 Å². The summed E-state index contributed by atoms with van der Waals surface area (Å²) in [6.07, 6.45) is 6.67. The standard InChI is InChI=1S/C21H25N3O4S2/c1-3-11-28-16-5-7-17(8-6-16)29-14-20-24(18(13-30-20)21(26)27-4-2)19(25)12-23-10-9-22-15-23/h3,5-10,15,18,20H,1,4,11-14H2,2H3. The van der Waals surface area contributed by atoms with Gasteiger partial charge in [0.05, 0.1) is 18.3 Å². The molecule has 2 atom stereocenters. The highest BCUT2D eigenvalue weighted by molar-refractivity contribution is 8.03. The summed E-state index contributed by atoms with van der Waals surface area (Å²) in [5, 5.41) is -0.114. The van der Waals surface area contributed by atoms with Crippen LogP contribution in [-0.2, 0) is 20.9 Å². The number of rotatable bonds is 10. The lowest BCUT2D eigenvalue weighted by atomic mass is 10.2. The van der Waals surface area contributed by atoms with Crippen molar-refractivity contribution in [1.82, 2.24) is 14.5 Å². The summed E-state index contributed by atoms with van der Waals surface area (Å²) in [7, 11) is 0. The minimum absolute atomic E-state index is 0.114. The van der Waals surface area contributed by atoms with Gasteiger partial charge in [0.25, 0.3) is 0 Å².